The summed E-state index contributed by atoms with van der Waals surface area (Å²) >= 11 is 0. The van der Waals surface area contributed by atoms with Crippen LogP contribution in [0, 0.1) is 5.41 Å². The number of hydrogen-bond acceptors (Lipinski definition) is 5. The molecule has 2 aliphatic rings. The monoisotopic (exact) mass is 519 g/mol. The number of carbonyl (C=O) groups is 3. The Morgan fingerprint density at radius 2 is 1.59 bits per heavy atom. The van der Waals surface area contributed by atoms with Gasteiger partial charge in [-0.1, -0.05) is 90.0 Å². The highest BCUT2D eigenvalue weighted by Gasteiger charge is 2.44. The van der Waals surface area contributed by atoms with E-state index in [9.17, 15) is 14.4 Å². The molecule has 1 unspecified atom stereocenters. The van der Waals surface area contributed by atoms with Gasteiger partial charge in [-0.15, -0.1) is 0 Å². The van der Waals surface area contributed by atoms with Crippen LogP contribution in [0.3, 0.4) is 0 Å². The van der Waals surface area contributed by atoms with E-state index in [2.05, 4.69) is 19.2 Å². The summed E-state index contributed by atoms with van der Waals surface area (Å²) in [4.78, 5) is 38.8. The average molecular weight is 520 g/mol. The molecule has 2 aliphatic carbocycles. The standard InChI is InChI=1S/C31H53NO5/c1-7-8-9-10-11-12-13-14-15-16-20-25(32-29(35)37-30(3,4)5)28(34)36-26-22-31(6)21-18-17-19-24(31)23(2)27(26)33/h25-26H,7-22H2,1-6H3,(H,32,35)/t25?,26-,31+/m1/s1. The third-order valence-corrected chi connectivity index (χ3v) is 7.96. The molecule has 1 amide bonds. The van der Waals surface area contributed by atoms with Crippen LogP contribution in [-0.2, 0) is 19.1 Å². The van der Waals surface area contributed by atoms with Crippen LogP contribution in [0.25, 0.3) is 0 Å². The highest BCUT2D eigenvalue weighted by atomic mass is 16.6. The van der Waals surface area contributed by atoms with Gasteiger partial charge in [0.25, 0.3) is 0 Å². The van der Waals surface area contributed by atoms with Gasteiger partial charge in [-0.05, 0) is 64.4 Å². The van der Waals surface area contributed by atoms with E-state index in [1.54, 1.807) is 20.8 Å². The number of allylic oxidation sites excluding steroid dienone is 1. The van der Waals surface area contributed by atoms with Crippen molar-refractivity contribution in [1.29, 1.82) is 0 Å². The molecule has 1 fully saturated rings. The Balaban J connectivity index is 1.92. The van der Waals surface area contributed by atoms with E-state index < -0.39 is 29.8 Å². The van der Waals surface area contributed by atoms with Crippen LogP contribution >= 0.6 is 0 Å². The van der Waals surface area contributed by atoms with Crippen molar-refractivity contribution in [3.05, 3.63) is 11.1 Å². The maximum atomic E-state index is 13.3. The Kier molecular flexibility index (Phi) is 12.7. The molecule has 3 atom stereocenters. The van der Waals surface area contributed by atoms with Gasteiger partial charge in [-0.2, -0.15) is 0 Å². The van der Waals surface area contributed by atoms with E-state index in [0.717, 1.165) is 50.5 Å². The third kappa shape index (κ3) is 10.4. The van der Waals surface area contributed by atoms with Crippen molar-refractivity contribution in [2.75, 3.05) is 0 Å². The lowest BCUT2D eigenvalue weighted by molar-refractivity contribution is -0.158. The van der Waals surface area contributed by atoms with Crippen molar-refractivity contribution in [3.63, 3.8) is 0 Å². The fraction of sp³-hybridized carbons (Fsp3) is 0.839. The van der Waals surface area contributed by atoms with E-state index in [1.165, 1.54) is 50.5 Å². The molecule has 212 valence electrons. The number of nitrogens with one attached hydrogen (secondary N) is 1. The van der Waals surface area contributed by atoms with E-state index in [1.807, 2.05) is 6.92 Å². The molecule has 0 bridgehead atoms. The molecule has 0 radical (unpaired) electrons. The Morgan fingerprint density at radius 1 is 1.00 bits per heavy atom. The zero-order valence-corrected chi connectivity index (χ0v) is 24.5. The van der Waals surface area contributed by atoms with Crippen molar-refractivity contribution in [3.8, 4) is 0 Å². The summed E-state index contributed by atoms with van der Waals surface area (Å²) in [6, 6.07) is -0.818. The number of esters is 1. The van der Waals surface area contributed by atoms with Crippen molar-refractivity contribution in [2.24, 2.45) is 5.41 Å². The first-order valence-corrected chi connectivity index (χ1v) is 14.9. The van der Waals surface area contributed by atoms with Crippen molar-refractivity contribution >= 4 is 17.8 Å². The second-order valence-electron chi connectivity index (χ2n) is 12.5. The van der Waals surface area contributed by atoms with Gasteiger partial charge in [0.1, 0.15) is 11.6 Å². The maximum Gasteiger partial charge on any atom is 0.408 e. The van der Waals surface area contributed by atoms with Gasteiger partial charge in [-0.3, -0.25) is 4.79 Å². The average Bonchev–Trinajstić information content (AvgIpc) is 2.81. The summed E-state index contributed by atoms with van der Waals surface area (Å²) in [6.07, 6.45) is 15.7. The number of unbranched alkanes of at least 4 members (excludes halogenated alkanes) is 9. The van der Waals surface area contributed by atoms with Crippen LogP contribution < -0.4 is 5.32 Å². The summed E-state index contributed by atoms with van der Waals surface area (Å²) in [7, 11) is 0. The van der Waals surface area contributed by atoms with Gasteiger partial charge in [-0.25, -0.2) is 9.59 Å². The number of carbonyl (C=O) groups excluding carboxylic acids is 3. The van der Waals surface area contributed by atoms with E-state index in [0.29, 0.717) is 12.8 Å². The lowest BCUT2D eigenvalue weighted by atomic mass is 9.63. The fourth-order valence-electron chi connectivity index (χ4n) is 5.88. The largest absolute Gasteiger partial charge is 0.452 e. The summed E-state index contributed by atoms with van der Waals surface area (Å²) in [5.41, 5.74) is 1.25. The van der Waals surface area contributed by atoms with Crippen LogP contribution in [0.2, 0.25) is 0 Å². The quantitative estimate of drug-likeness (QED) is 0.186. The highest BCUT2D eigenvalue weighted by Crippen LogP contribution is 2.49. The summed E-state index contributed by atoms with van der Waals surface area (Å²) in [6.45, 7) is 11.7. The van der Waals surface area contributed by atoms with Crippen molar-refractivity contribution in [1.82, 2.24) is 5.32 Å². The van der Waals surface area contributed by atoms with E-state index >= 15 is 0 Å². The van der Waals surface area contributed by atoms with Crippen molar-refractivity contribution < 1.29 is 23.9 Å². The summed E-state index contributed by atoms with van der Waals surface area (Å²) in [5, 5.41) is 2.73. The smallest absolute Gasteiger partial charge is 0.408 e. The fourth-order valence-corrected chi connectivity index (χ4v) is 5.88. The lowest BCUT2D eigenvalue weighted by Crippen LogP contribution is -2.48. The van der Waals surface area contributed by atoms with E-state index in [-0.39, 0.29) is 11.2 Å². The first-order valence-electron chi connectivity index (χ1n) is 14.9. The molecule has 1 N–H and O–H groups in total. The number of ether oxygens (including phenoxy) is 2. The number of fused-ring (bicyclic) bond motifs is 1. The molecule has 2 rings (SSSR count). The van der Waals surface area contributed by atoms with Crippen LogP contribution in [0.15, 0.2) is 11.1 Å². The van der Waals surface area contributed by atoms with Gasteiger partial charge < -0.3 is 14.8 Å². The number of alkyl carbamates (subject to hydrolysis) is 1. The molecule has 6 heteroatoms. The first kappa shape index (κ1) is 31.4. The highest BCUT2D eigenvalue weighted by molar-refractivity contribution is 6.01. The molecule has 6 nitrogen and oxygen atoms in total. The topological polar surface area (TPSA) is 81.7 Å². The lowest BCUT2D eigenvalue weighted by Gasteiger charge is -2.43. The maximum absolute atomic E-state index is 13.3. The minimum absolute atomic E-state index is 0.0855. The minimum Gasteiger partial charge on any atom is -0.452 e. The second-order valence-corrected chi connectivity index (χ2v) is 12.5. The molecule has 1 saturated carbocycles. The Morgan fingerprint density at radius 3 is 2.19 bits per heavy atom. The SMILES string of the molecule is CCCCCCCCCCCCC(NC(=O)OC(C)(C)C)C(=O)O[C@@H]1C[C@]2(C)CCCCC2=C(C)C1=O. The molecular formula is C31H53NO5. The summed E-state index contributed by atoms with van der Waals surface area (Å²) < 4.78 is 11.2. The van der Waals surface area contributed by atoms with Gasteiger partial charge in [0.15, 0.2) is 11.9 Å². The zero-order valence-electron chi connectivity index (χ0n) is 24.5. The number of Topliss-reactive ketones (excluding diaryl/α,β-unsaturated/α-hetero) is 1. The molecule has 0 saturated heterocycles. The molecule has 0 heterocycles. The first-order chi connectivity index (χ1) is 17.5. The minimum atomic E-state index is -0.818. The molecular weight excluding hydrogens is 466 g/mol. The number of hydrogen-bond donors (Lipinski definition) is 1. The number of ketones is 1. The van der Waals surface area contributed by atoms with Crippen LogP contribution in [0.1, 0.15) is 144 Å². The zero-order chi connectivity index (χ0) is 27.5. The predicted octanol–water partition coefficient (Wildman–Crippen LogP) is 7.97. The molecule has 0 aromatic rings. The third-order valence-electron chi connectivity index (χ3n) is 7.96. The predicted molar refractivity (Wildman–Crippen MR) is 148 cm³/mol. The van der Waals surface area contributed by atoms with Crippen LogP contribution in [0.4, 0.5) is 4.79 Å². The van der Waals surface area contributed by atoms with Gasteiger partial charge in [0.05, 0.1) is 0 Å². The molecule has 37 heavy (non-hydrogen) atoms. The normalized spacial score (nSPS) is 22.9. The van der Waals surface area contributed by atoms with Gasteiger partial charge >= 0.3 is 12.1 Å². The molecule has 0 aliphatic heterocycles. The Hall–Kier alpha value is -1.85. The molecule has 0 aromatic carbocycles. The molecule has 0 aromatic heterocycles. The van der Waals surface area contributed by atoms with E-state index in [4.69, 9.17) is 9.47 Å². The Labute approximate surface area is 225 Å². The van der Waals surface area contributed by atoms with Gasteiger partial charge in [0.2, 0.25) is 0 Å². The second kappa shape index (κ2) is 14.9. The Bertz CT molecular complexity index is 796. The van der Waals surface area contributed by atoms with Crippen molar-refractivity contribution in [2.45, 2.75) is 162 Å². The van der Waals surface area contributed by atoms with Crippen LogP contribution in [0.5, 0.6) is 0 Å². The molecule has 0 spiro atoms. The van der Waals surface area contributed by atoms with Crippen LogP contribution in [-0.4, -0.2) is 35.6 Å². The number of rotatable bonds is 14. The van der Waals surface area contributed by atoms with Gasteiger partial charge in [0, 0.05) is 6.42 Å². The number of amides is 1. The summed E-state index contributed by atoms with van der Waals surface area (Å²) in [5.74, 6) is -0.617.